The van der Waals surface area contributed by atoms with E-state index in [9.17, 15) is 0 Å². The van der Waals surface area contributed by atoms with Crippen molar-refractivity contribution in [1.82, 2.24) is 4.98 Å². The molecule has 1 heterocycles. The van der Waals surface area contributed by atoms with Crippen LogP contribution in [0.4, 0.5) is 0 Å². The van der Waals surface area contributed by atoms with E-state index in [0.29, 0.717) is 0 Å². The first-order valence-corrected chi connectivity index (χ1v) is 5.78. The summed E-state index contributed by atoms with van der Waals surface area (Å²) in [6.07, 6.45) is 6.31. The van der Waals surface area contributed by atoms with Gasteiger partial charge in [0.05, 0.1) is 0 Å². The fraction of sp³-hybridized carbons (Fsp3) is 0.545. The van der Waals surface area contributed by atoms with Crippen LogP contribution in [-0.2, 0) is 6.42 Å². The van der Waals surface area contributed by atoms with Crippen molar-refractivity contribution < 1.29 is 0 Å². The third-order valence-corrected chi connectivity index (χ3v) is 3.34. The van der Waals surface area contributed by atoms with Gasteiger partial charge in [0.25, 0.3) is 0 Å². The second-order valence-electron chi connectivity index (χ2n) is 4.28. The number of aryl methyl sites for hydroxylation is 2. The van der Waals surface area contributed by atoms with Crippen molar-refractivity contribution in [1.29, 1.82) is 0 Å². The maximum atomic E-state index is 6.04. The van der Waals surface area contributed by atoms with Crippen LogP contribution in [0, 0.1) is 6.92 Å². The lowest BCUT2D eigenvalue weighted by Crippen LogP contribution is -2.22. The fourth-order valence-corrected chi connectivity index (χ4v) is 2.05. The van der Waals surface area contributed by atoms with Crippen molar-refractivity contribution in [3.63, 3.8) is 0 Å². The molecule has 1 fully saturated rings. The van der Waals surface area contributed by atoms with Crippen LogP contribution < -0.4 is 5.73 Å². The molecule has 0 unspecified atom stereocenters. The molecule has 0 amide bonds. The Morgan fingerprint density at radius 1 is 1.57 bits per heavy atom. The van der Waals surface area contributed by atoms with Crippen molar-refractivity contribution in [2.24, 2.45) is 5.73 Å². The molecular formula is C11H15BrN2. The summed E-state index contributed by atoms with van der Waals surface area (Å²) in [6, 6.07) is 2.11. The summed E-state index contributed by atoms with van der Waals surface area (Å²) in [7, 11) is 0. The van der Waals surface area contributed by atoms with E-state index >= 15 is 0 Å². The molecule has 0 radical (unpaired) electrons. The molecule has 2 N–H and O–H groups in total. The molecule has 1 aliphatic rings. The molecule has 0 aromatic carbocycles. The minimum Gasteiger partial charge on any atom is -0.325 e. The SMILES string of the molecule is Cc1cc(Br)cnc1CCC1(N)CC1. The Labute approximate surface area is 93.0 Å². The molecule has 0 saturated heterocycles. The number of rotatable bonds is 3. The fourth-order valence-electron chi connectivity index (χ4n) is 1.61. The van der Waals surface area contributed by atoms with Crippen molar-refractivity contribution in [3.8, 4) is 0 Å². The summed E-state index contributed by atoms with van der Waals surface area (Å²) < 4.78 is 1.05. The molecule has 1 saturated carbocycles. The van der Waals surface area contributed by atoms with Crippen LogP contribution in [0.15, 0.2) is 16.7 Å². The maximum Gasteiger partial charge on any atom is 0.0434 e. The van der Waals surface area contributed by atoms with E-state index in [1.165, 1.54) is 24.1 Å². The molecule has 0 spiro atoms. The Morgan fingerprint density at radius 2 is 2.29 bits per heavy atom. The van der Waals surface area contributed by atoms with Gasteiger partial charge in [-0.3, -0.25) is 4.98 Å². The summed E-state index contributed by atoms with van der Waals surface area (Å²) in [5.74, 6) is 0. The Kier molecular flexibility index (Phi) is 2.62. The van der Waals surface area contributed by atoms with Crippen LogP contribution >= 0.6 is 15.9 Å². The zero-order valence-corrected chi connectivity index (χ0v) is 9.97. The standard InChI is InChI=1S/C11H15BrN2/c1-8-6-9(12)7-14-10(8)2-3-11(13)4-5-11/h6-7H,2-5,13H2,1H3. The predicted octanol–water partition coefficient (Wildman–Crippen LogP) is 2.58. The molecule has 1 aliphatic carbocycles. The van der Waals surface area contributed by atoms with Gasteiger partial charge in [0.2, 0.25) is 0 Å². The Hall–Kier alpha value is -0.410. The van der Waals surface area contributed by atoms with E-state index in [4.69, 9.17) is 5.73 Å². The molecular weight excluding hydrogens is 240 g/mol. The van der Waals surface area contributed by atoms with Crippen LogP contribution in [0.25, 0.3) is 0 Å². The van der Waals surface area contributed by atoms with E-state index in [1.807, 2.05) is 6.20 Å². The van der Waals surface area contributed by atoms with Gasteiger partial charge in [-0.05, 0) is 60.2 Å². The van der Waals surface area contributed by atoms with Crippen LogP contribution in [0.5, 0.6) is 0 Å². The van der Waals surface area contributed by atoms with Crippen molar-refractivity contribution in [3.05, 3.63) is 28.0 Å². The second-order valence-corrected chi connectivity index (χ2v) is 5.20. The molecule has 2 nitrogen and oxygen atoms in total. The number of hydrogen-bond donors (Lipinski definition) is 1. The van der Waals surface area contributed by atoms with Crippen LogP contribution in [-0.4, -0.2) is 10.5 Å². The smallest absolute Gasteiger partial charge is 0.0434 e. The quantitative estimate of drug-likeness (QED) is 0.901. The molecule has 0 aliphatic heterocycles. The molecule has 0 bridgehead atoms. The summed E-state index contributed by atoms with van der Waals surface area (Å²) in [5, 5.41) is 0. The van der Waals surface area contributed by atoms with Gasteiger partial charge < -0.3 is 5.73 Å². The summed E-state index contributed by atoms with van der Waals surface area (Å²) in [4.78, 5) is 4.41. The number of halogens is 1. The monoisotopic (exact) mass is 254 g/mol. The van der Waals surface area contributed by atoms with Gasteiger partial charge in [-0.1, -0.05) is 0 Å². The first-order valence-electron chi connectivity index (χ1n) is 4.99. The minimum atomic E-state index is 0.140. The largest absolute Gasteiger partial charge is 0.325 e. The lowest BCUT2D eigenvalue weighted by atomic mass is 10.1. The highest BCUT2D eigenvalue weighted by Crippen LogP contribution is 2.36. The van der Waals surface area contributed by atoms with Gasteiger partial charge in [-0.25, -0.2) is 0 Å². The average molecular weight is 255 g/mol. The predicted molar refractivity (Wildman–Crippen MR) is 61.1 cm³/mol. The lowest BCUT2D eigenvalue weighted by molar-refractivity contribution is 0.602. The van der Waals surface area contributed by atoms with Crippen LogP contribution in [0.1, 0.15) is 30.5 Å². The zero-order valence-electron chi connectivity index (χ0n) is 8.39. The summed E-state index contributed by atoms with van der Waals surface area (Å²) in [5.41, 5.74) is 8.62. The number of pyridine rings is 1. The van der Waals surface area contributed by atoms with Crippen molar-refractivity contribution >= 4 is 15.9 Å². The Morgan fingerprint density at radius 3 is 2.86 bits per heavy atom. The third-order valence-electron chi connectivity index (χ3n) is 2.91. The highest BCUT2D eigenvalue weighted by molar-refractivity contribution is 9.10. The maximum absolute atomic E-state index is 6.04. The Balaban J connectivity index is 2.02. The van der Waals surface area contributed by atoms with Crippen LogP contribution in [0.2, 0.25) is 0 Å². The molecule has 3 heteroatoms. The topological polar surface area (TPSA) is 38.9 Å². The van der Waals surface area contributed by atoms with E-state index in [-0.39, 0.29) is 5.54 Å². The van der Waals surface area contributed by atoms with Gasteiger partial charge in [0.15, 0.2) is 0 Å². The van der Waals surface area contributed by atoms with E-state index in [0.717, 1.165) is 17.3 Å². The first-order chi connectivity index (χ1) is 6.59. The molecule has 76 valence electrons. The molecule has 0 atom stereocenters. The third kappa shape index (κ3) is 2.34. The first kappa shape index (κ1) is 10.1. The normalized spacial score (nSPS) is 18.2. The average Bonchev–Trinajstić information content (AvgIpc) is 2.83. The number of aromatic nitrogens is 1. The van der Waals surface area contributed by atoms with Gasteiger partial charge in [-0.2, -0.15) is 0 Å². The van der Waals surface area contributed by atoms with E-state index in [2.05, 4.69) is 33.9 Å². The van der Waals surface area contributed by atoms with Crippen molar-refractivity contribution in [2.75, 3.05) is 0 Å². The summed E-state index contributed by atoms with van der Waals surface area (Å²) >= 11 is 3.41. The van der Waals surface area contributed by atoms with Gasteiger partial charge >= 0.3 is 0 Å². The Bertz CT molecular complexity index is 345. The van der Waals surface area contributed by atoms with Gasteiger partial charge in [-0.15, -0.1) is 0 Å². The lowest BCUT2D eigenvalue weighted by Gasteiger charge is -2.09. The second kappa shape index (κ2) is 3.63. The molecule has 1 aromatic rings. The highest BCUT2D eigenvalue weighted by Gasteiger charge is 2.37. The van der Waals surface area contributed by atoms with Gasteiger partial charge in [0.1, 0.15) is 0 Å². The van der Waals surface area contributed by atoms with E-state index < -0.39 is 0 Å². The van der Waals surface area contributed by atoms with E-state index in [1.54, 1.807) is 0 Å². The highest BCUT2D eigenvalue weighted by atomic mass is 79.9. The van der Waals surface area contributed by atoms with Gasteiger partial charge in [0, 0.05) is 21.9 Å². The molecule has 2 rings (SSSR count). The number of nitrogens with two attached hydrogens (primary N) is 1. The van der Waals surface area contributed by atoms with Crippen molar-refractivity contribution in [2.45, 2.75) is 38.1 Å². The van der Waals surface area contributed by atoms with Crippen LogP contribution in [0.3, 0.4) is 0 Å². The number of hydrogen-bond acceptors (Lipinski definition) is 2. The molecule has 1 aromatic heterocycles. The summed E-state index contributed by atoms with van der Waals surface area (Å²) in [6.45, 7) is 2.10. The minimum absolute atomic E-state index is 0.140. The molecule has 14 heavy (non-hydrogen) atoms. The number of nitrogens with zero attached hydrogens (tertiary/aromatic N) is 1. The zero-order chi connectivity index (χ0) is 10.2.